The van der Waals surface area contributed by atoms with Crippen molar-refractivity contribution in [2.45, 2.75) is 0 Å². The van der Waals surface area contributed by atoms with Crippen LogP contribution in [0, 0.1) is 5.82 Å². The summed E-state index contributed by atoms with van der Waals surface area (Å²) < 4.78 is 19.5. The zero-order valence-electron chi connectivity index (χ0n) is 16.4. The van der Waals surface area contributed by atoms with Crippen LogP contribution in [0.3, 0.4) is 0 Å². The molecule has 0 aliphatic carbocycles. The third-order valence-electron chi connectivity index (χ3n) is 4.90. The van der Waals surface area contributed by atoms with Crippen molar-refractivity contribution in [2.24, 2.45) is 0 Å². The van der Waals surface area contributed by atoms with E-state index in [1.165, 1.54) is 12.1 Å². The van der Waals surface area contributed by atoms with Crippen LogP contribution >= 0.6 is 0 Å². The zero-order valence-corrected chi connectivity index (χ0v) is 16.4. The van der Waals surface area contributed by atoms with Gasteiger partial charge in [-0.3, -0.25) is 4.79 Å². The highest BCUT2D eigenvalue weighted by molar-refractivity contribution is 6.12. The lowest BCUT2D eigenvalue weighted by Gasteiger charge is -2.12. The Balaban J connectivity index is 1.98. The van der Waals surface area contributed by atoms with Crippen molar-refractivity contribution in [1.82, 2.24) is 5.32 Å². The van der Waals surface area contributed by atoms with Crippen LogP contribution in [-0.2, 0) is 0 Å². The van der Waals surface area contributed by atoms with E-state index in [9.17, 15) is 14.3 Å². The molecule has 0 bridgehead atoms. The average molecular weight is 404 g/mol. The van der Waals surface area contributed by atoms with Crippen LogP contribution in [0.15, 0.2) is 71.1 Å². The summed E-state index contributed by atoms with van der Waals surface area (Å²) in [7, 11) is 1.56. The SMILES string of the molecule is CNC(=O)c1c(-c2ccc(F)cc2)oc2cc(NCCO)c(-c3ccccc3)cc12. The number of benzene rings is 3. The Kier molecular flexibility index (Phi) is 5.50. The third-order valence-corrected chi connectivity index (χ3v) is 4.90. The first-order valence-electron chi connectivity index (χ1n) is 9.61. The number of nitrogens with one attached hydrogen (secondary N) is 2. The molecule has 0 aliphatic rings. The van der Waals surface area contributed by atoms with Gasteiger partial charge in [-0.2, -0.15) is 0 Å². The highest BCUT2D eigenvalue weighted by Crippen LogP contribution is 2.39. The van der Waals surface area contributed by atoms with E-state index in [0.717, 1.165) is 16.8 Å². The van der Waals surface area contributed by atoms with Gasteiger partial charge in [-0.05, 0) is 35.9 Å². The maximum atomic E-state index is 13.4. The minimum atomic E-state index is -0.363. The Hall–Kier alpha value is -3.64. The van der Waals surface area contributed by atoms with Crippen molar-refractivity contribution >= 4 is 22.6 Å². The number of hydrogen-bond donors (Lipinski definition) is 3. The molecule has 5 nitrogen and oxygen atoms in total. The standard InChI is InChI=1S/C24H21FN2O3/c1-26-24(29)22-19-13-18(15-5-3-2-4-6-15)20(27-11-12-28)14-21(19)30-23(22)16-7-9-17(25)10-8-16/h2-10,13-14,27-28H,11-12H2,1H3,(H,26,29). The molecule has 152 valence electrons. The number of amides is 1. The molecule has 3 aromatic carbocycles. The van der Waals surface area contributed by atoms with E-state index in [2.05, 4.69) is 10.6 Å². The number of hydrogen-bond acceptors (Lipinski definition) is 4. The number of rotatable bonds is 6. The molecule has 1 heterocycles. The summed E-state index contributed by atoms with van der Waals surface area (Å²) in [5, 5.41) is 15.8. The molecule has 0 radical (unpaired) electrons. The van der Waals surface area contributed by atoms with Crippen molar-refractivity contribution in [1.29, 1.82) is 0 Å². The number of anilines is 1. The fraction of sp³-hybridized carbons (Fsp3) is 0.125. The molecule has 30 heavy (non-hydrogen) atoms. The second-order valence-electron chi connectivity index (χ2n) is 6.80. The van der Waals surface area contributed by atoms with Crippen molar-refractivity contribution < 1.29 is 18.7 Å². The summed E-state index contributed by atoms with van der Waals surface area (Å²) in [6, 6.07) is 19.3. The maximum absolute atomic E-state index is 13.4. The lowest BCUT2D eigenvalue weighted by molar-refractivity contribution is 0.0964. The van der Waals surface area contributed by atoms with Gasteiger partial charge in [0, 0.05) is 41.9 Å². The van der Waals surface area contributed by atoms with Gasteiger partial charge in [-0.15, -0.1) is 0 Å². The largest absolute Gasteiger partial charge is 0.455 e. The molecule has 6 heteroatoms. The molecular weight excluding hydrogens is 383 g/mol. The molecule has 0 aliphatic heterocycles. The Bertz CT molecular complexity index is 1180. The Morgan fingerprint density at radius 1 is 1.03 bits per heavy atom. The summed E-state index contributed by atoms with van der Waals surface area (Å²) in [5.74, 6) is -0.274. The van der Waals surface area contributed by atoms with Gasteiger partial charge in [0.15, 0.2) is 0 Å². The number of halogens is 1. The maximum Gasteiger partial charge on any atom is 0.255 e. The summed E-state index contributed by atoms with van der Waals surface area (Å²) in [4.78, 5) is 12.8. The van der Waals surface area contributed by atoms with Gasteiger partial charge in [0.05, 0.1) is 12.2 Å². The quantitative estimate of drug-likeness (QED) is 0.437. The lowest BCUT2D eigenvalue weighted by Crippen LogP contribution is -2.18. The molecule has 0 saturated carbocycles. The zero-order chi connectivity index (χ0) is 21.1. The molecule has 1 amide bonds. The molecule has 4 aromatic rings. The molecule has 0 saturated heterocycles. The monoisotopic (exact) mass is 404 g/mol. The van der Waals surface area contributed by atoms with Crippen LogP contribution in [-0.4, -0.2) is 31.2 Å². The van der Waals surface area contributed by atoms with Gasteiger partial charge in [-0.1, -0.05) is 30.3 Å². The second-order valence-corrected chi connectivity index (χ2v) is 6.80. The molecule has 4 rings (SSSR count). The van der Waals surface area contributed by atoms with Crippen molar-refractivity contribution in [3.05, 3.63) is 78.1 Å². The van der Waals surface area contributed by atoms with Crippen LogP contribution in [0.4, 0.5) is 10.1 Å². The normalized spacial score (nSPS) is 10.9. The van der Waals surface area contributed by atoms with Gasteiger partial charge in [0.25, 0.3) is 5.91 Å². The van der Waals surface area contributed by atoms with Gasteiger partial charge in [0.2, 0.25) is 0 Å². The molecule has 1 aromatic heterocycles. The van der Waals surface area contributed by atoms with Crippen LogP contribution in [0.1, 0.15) is 10.4 Å². The number of carbonyl (C=O) groups is 1. The average Bonchev–Trinajstić information content (AvgIpc) is 3.15. The fourth-order valence-corrected chi connectivity index (χ4v) is 3.49. The first-order chi connectivity index (χ1) is 14.6. The minimum Gasteiger partial charge on any atom is -0.455 e. The summed E-state index contributed by atoms with van der Waals surface area (Å²) >= 11 is 0. The van der Waals surface area contributed by atoms with E-state index in [1.807, 2.05) is 42.5 Å². The summed E-state index contributed by atoms with van der Waals surface area (Å²) in [5.41, 5.74) is 4.15. The van der Waals surface area contributed by atoms with E-state index in [1.54, 1.807) is 19.2 Å². The van der Waals surface area contributed by atoms with Gasteiger partial charge >= 0.3 is 0 Å². The van der Waals surface area contributed by atoms with E-state index in [0.29, 0.717) is 34.4 Å². The second kappa shape index (κ2) is 8.39. The number of furan rings is 1. The topological polar surface area (TPSA) is 74.5 Å². The highest BCUT2D eigenvalue weighted by atomic mass is 19.1. The Morgan fingerprint density at radius 2 is 1.77 bits per heavy atom. The number of aliphatic hydroxyl groups excluding tert-OH is 1. The molecule has 0 fully saturated rings. The van der Waals surface area contributed by atoms with Gasteiger partial charge in [-0.25, -0.2) is 4.39 Å². The van der Waals surface area contributed by atoms with Crippen molar-refractivity contribution in [3.8, 4) is 22.5 Å². The summed E-state index contributed by atoms with van der Waals surface area (Å²) in [6.07, 6.45) is 0. The van der Waals surface area contributed by atoms with E-state index >= 15 is 0 Å². The van der Waals surface area contributed by atoms with Crippen LogP contribution in [0.25, 0.3) is 33.4 Å². The Labute approximate surface area is 173 Å². The molecule has 3 N–H and O–H groups in total. The van der Waals surface area contributed by atoms with Gasteiger partial charge < -0.3 is 20.2 Å². The van der Waals surface area contributed by atoms with Crippen LogP contribution in [0.2, 0.25) is 0 Å². The predicted octanol–water partition coefficient (Wildman–Crippen LogP) is 4.67. The fourth-order valence-electron chi connectivity index (χ4n) is 3.49. The predicted molar refractivity (Wildman–Crippen MR) is 116 cm³/mol. The molecule has 0 atom stereocenters. The number of aliphatic hydroxyl groups is 1. The first kappa shape index (κ1) is 19.7. The number of carbonyl (C=O) groups excluding carboxylic acids is 1. The summed E-state index contributed by atoms with van der Waals surface area (Å²) in [6.45, 7) is 0.355. The molecule has 0 unspecified atom stereocenters. The number of fused-ring (bicyclic) bond motifs is 1. The smallest absolute Gasteiger partial charge is 0.255 e. The minimum absolute atomic E-state index is 0.0191. The Morgan fingerprint density at radius 3 is 2.43 bits per heavy atom. The molecular formula is C24H21FN2O3. The van der Waals surface area contributed by atoms with Crippen LogP contribution in [0.5, 0.6) is 0 Å². The van der Waals surface area contributed by atoms with E-state index < -0.39 is 0 Å². The first-order valence-corrected chi connectivity index (χ1v) is 9.61. The van der Waals surface area contributed by atoms with Gasteiger partial charge in [0.1, 0.15) is 17.2 Å². The lowest BCUT2D eigenvalue weighted by atomic mass is 9.98. The molecule has 0 spiro atoms. The van der Waals surface area contributed by atoms with Crippen molar-refractivity contribution in [2.75, 3.05) is 25.5 Å². The van der Waals surface area contributed by atoms with Crippen LogP contribution < -0.4 is 10.6 Å². The van der Waals surface area contributed by atoms with E-state index in [-0.39, 0.29) is 18.3 Å². The highest BCUT2D eigenvalue weighted by Gasteiger charge is 2.23. The van der Waals surface area contributed by atoms with Crippen molar-refractivity contribution in [3.63, 3.8) is 0 Å². The third kappa shape index (κ3) is 3.65. The van der Waals surface area contributed by atoms with E-state index in [4.69, 9.17) is 4.42 Å².